The zero-order chi connectivity index (χ0) is 47.3. The van der Waals surface area contributed by atoms with Crippen LogP contribution in [0.3, 0.4) is 0 Å². The van der Waals surface area contributed by atoms with Crippen LogP contribution in [0.25, 0.3) is 116 Å². The molecular weight excluding hydrogens is 875 g/mol. The second kappa shape index (κ2) is 16.1. The predicted molar refractivity (Wildman–Crippen MR) is 298 cm³/mol. The monoisotopic (exact) mass is 919 g/mol. The third-order valence-corrected chi connectivity index (χ3v) is 15.3. The molecule has 72 heavy (non-hydrogen) atoms. The Hall–Kier alpha value is -9.32. The van der Waals surface area contributed by atoms with E-state index in [0.717, 1.165) is 68.8 Å². The molecule has 0 radical (unpaired) electrons. The summed E-state index contributed by atoms with van der Waals surface area (Å²) < 4.78 is 7.25. The van der Waals surface area contributed by atoms with E-state index in [2.05, 4.69) is 256 Å². The van der Waals surface area contributed by atoms with Gasteiger partial charge in [-0.1, -0.05) is 206 Å². The Morgan fingerprint density at radius 1 is 0.375 bits per heavy atom. The summed E-state index contributed by atoms with van der Waals surface area (Å²) in [6, 6.07) is 88.2. The minimum absolute atomic E-state index is 0.211. The van der Waals surface area contributed by atoms with Crippen LogP contribution >= 0.6 is 0 Å². The maximum atomic E-state index is 5.88. The summed E-state index contributed by atoms with van der Waals surface area (Å²) in [6.07, 6.45) is 1.85. The van der Waals surface area contributed by atoms with Gasteiger partial charge in [0.15, 0.2) is 0 Å². The van der Waals surface area contributed by atoms with Crippen molar-refractivity contribution in [2.24, 2.45) is 0 Å². The molecule has 4 heterocycles. The topological polar surface area (TPSA) is 40.6 Å². The highest BCUT2D eigenvalue weighted by Gasteiger charge is 2.31. The molecule has 0 spiro atoms. The predicted octanol–water partition coefficient (Wildman–Crippen LogP) is 16.7. The second-order valence-corrected chi connectivity index (χ2v) is 19.3. The number of fused-ring (bicyclic) bond motifs is 14. The van der Waals surface area contributed by atoms with Crippen LogP contribution in [0.15, 0.2) is 243 Å². The van der Waals surface area contributed by atoms with Crippen molar-refractivity contribution >= 4 is 65.4 Å². The van der Waals surface area contributed by atoms with Gasteiger partial charge in [-0.25, -0.2) is 4.98 Å². The molecule has 0 aliphatic heterocycles. The number of nitrogens with zero attached hydrogens (tertiary/aromatic N) is 5. The lowest BCUT2D eigenvalue weighted by Gasteiger charge is -2.29. The first-order valence-electron chi connectivity index (χ1n) is 25.0. The summed E-state index contributed by atoms with van der Waals surface area (Å²) in [5.41, 5.74) is 18.7. The van der Waals surface area contributed by atoms with E-state index in [1.54, 1.807) is 0 Å². The van der Waals surface area contributed by atoms with E-state index in [-0.39, 0.29) is 5.92 Å². The Morgan fingerprint density at radius 3 is 1.58 bits per heavy atom. The molecule has 1 unspecified atom stereocenters. The molecule has 338 valence electrons. The minimum atomic E-state index is 0.211. The quantitative estimate of drug-likeness (QED) is 0.160. The van der Waals surface area contributed by atoms with Gasteiger partial charge in [-0.15, -0.1) is 0 Å². The summed E-state index contributed by atoms with van der Waals surface area (Å²) in [7, 11) is 0. The summed E-state index contributed by atoms with van der Waals surface area (Å²) in [5, 5.41) is 7.12. The average Bonchev–Trinajstić information content (AvgIpc) is 4.10. The van der Waals surface area contributed by atoms with Crippen LogP contribution in [0.1, 0.15) is 22.6 Å². The summed E-state index contributed by atoms with van der Waals surface area (Å²) >= 11 is 0. The van der Waals surface area contributed by atoms with E-state index in [9.17, 15) is 0 Å². The van der Waals surface area contributed by atoms with Gasteiger partial charge in [0.2, 0.25) is 5.95 Å². The van der Waals surface area contributed by atoms with Crippen LogP contribution in [-0.4, -0.2) is 23.7 Å². The van der Waals surface area contributed by atoms with Gasteiger partial charge in [-0.3, -0.25) is 9.13 Å². The van der Waals surface area contributed by atoms with Crippen molar-refractivity contribution in [3.63, 3.8) is 0 Å². The Bertz CT molecular complexity index is 4430. The fraction of sp³-hybridized carbons (Fsp3) is 0.0448. The Balaban J connectivity index is 1.07. The maximum absolute atomic E-state index is 5.88. The lowest BCUT2D eigenvalue weighted by molar-refractivity contribution is 0.675. The number of para-hydroxylation sites is 4. The molecule has 0 amide bonds. The number of aromatic nitrogens is 5. The standard InChI is InChI=1S/C67H45N5/c1-4-18-43(19-5-1)40-48-41-47-22-10-11-25-50(47)54-36-37-55-51-26-14-17-31-61(51)72(64(55)63(48)54)67-68-58(46-34-32-45(33-35-46)44-20-6-2-7-21-44)42-62(69-67)71-60-30-16-13-28-53(60)57-39-38-56-52-27-12-15-29-59(52)70(65(56)66(57)71)49-23-8-3-9-24-49/h1-39,42,48H,40-41H2. The van der Waals surface area contributed by atoms with Gasteiger partial charge in [0, 0.05) is 49.6 Å². The van der Waals surface area contributed by atoms with E-state index < -0.39 is 0 Å². The molecule has 4 aromatic heterocycles. The first-order chi connectivity index (χ1) is 35.7. The van der Waals surface area contributed by atoms with E-state index in [1.165, 1.54) is 71.2 Å². The van der Waals surface area contributed by atoms with Crippen LogP contribution in [0, 0.1) is 0 Å². The molecule has 0 N–H and O–H groups in total. The smallest absolute Gasteiger partial charge is 0.237 e. The van der Waals surface area contributed by atoms with Crippen molar-refractivity contribution in [3.05, 3.63) is 259 Å². The van der Waals surface area contributed by atoms with Crippen molar-refractivity contribution in [1.29, 1.82) is 0 Å². The Morgan fingerprint density at radius 2 is 0.889 bits per heavy atom. The van der Waals surface area contributed by atoms with Gasteiger partial charge in [0.1, 0.15) is 5.82 Å². The van der Waals surface area contributed by atoms with E-state index >= 15 is 0 Å². The molecule has 1 atom stereocenters. The first-order valence-corrected chi connectivity index (χ1v) is 25.0. The average molecular weight is 920 g/mol. The highest BCUT2D eigenvalue weighted by Crippen LogP contribution is 2.48. The number of hydrogen-bond acceptors (Lipinski definition) is 2. The second-order valence-electron chi connectivity index (χ2n) is 19.3. The van der Waals surface area contributed by atoms with Crippen molar-refractivity contribution < 1.29 is 0 Å². The van der Waals surface area contributed by atoms with Crippen molar-refractivity contribution in [3.8, 4) is 51.0 Å². The van der Waals surface area contributed by atoms with Crippen LogP contribution in [-0.2, 0) is 12.8 Å². The van der Waals surface area contributed by atoms with Crippen molar-refractivity contribution in [1.82, 2.24) is 23.7 Å². The van der Waals surface area contributed by atoms with Gasteiger partial charge >= 0.3 is 0 Å². The molecule has 14 aromatic rings. The Kier molecular flexibility index (Phi) is 9.08. The Labute approximate surface area is 416 Å². The van der Waals surface area contributed by atoms with Crippen LogP contribution in [0.4, 0.5) is 0 Å². The summed E-state index contributed by atoms with van der Waals surface area (Å²) in [6.45, 7) is 0. The van der Waals surface area contributed by atoms with Crippen LogP contribution in [0.5, 0.6) is 0 Å². The van der Waals surface area contributed by atoms with Gasteiger partial charge < -0.3 is 4.57 Å². The third-order valence-electron chi connectivity index (χ3n) is 15.3. The molecule has 5 nitrogen and oxygen atoms in total. The fourth-order valence-corrected chi connectivity index (χ4v) is 12.2. The minimum Gasteiger partial charge on any atom is -0.307 e. The lowest BCUT2D eigenvalue weighted by atomic mass is 9.75. The molecule has 0 fully saturated rings. The zero-order valence-corrected chi connectivity index (χ0v) is 39.3. The first kappa shape index (κ1) is 40.6. The van der Waals surface area contributed by atoms with Gasteiger partial charge in [0.05, 0.1) is 38.8 Å². The van der Waals surface area contributed by atoms with Crippen LogP contribution in [0.2, 0.25) is 0 Å². The SMILES string of the molecule is c1ccc(CC2Cc3ccccc3-c3ccc4c5ccccc5n(-c5nc(-c6ccc(-c7ccccc7)cc6)cc(-n6c7ccccc7c7ccc8c9ccccc9n(-c9ccccc9)c8c76)n5)c4c32)cc1. The molecular formula is C67H45N5. The third kappa shape index (κ3) is 6.20. The van der Waals surface area contributed by atoms with Gasteiger partial charge in [-0.05, 0) is 88.0 Å². The van der Waals surface area contributed by atoms with E-state index in [4.69, 9.17) is 9.97 Å². The van der Waals surface area contributed by atoms with Crippen LogP contribution < -0.4 is 0 Å². The summed E-state index contributed by atoms with van der Waals surface area (Å²) in [5.74, 6) is 1.64. The molecule has 1 aliphatic rings. The fourth-order valence-electron chi connectivity index (χ4n) is 12.2. The molecule has 0 saturated heterocycles. The molecule has 0 saturated carbocycles. The largest absolute Gasteiger partial charge is 0.307 e. The zero-order valence-electron chi connectivity index (χ0n) is 39.3. The highest BCUT2D eigenvalue weighted by atomic mass is 15.2. The van der Waals surface area contributed by atoms with E-state index in [0.29, 0.717) is 5.95 Å². The number of benzene rings is 10. The molecule has 5 heteroatoms. The normalized spacial score (nSPS) is 13.4. The molecule has 0 bridgehead atoms. The number of hydrogen-bond donors (Lipinski definition) is 0. The van der Waals surface area contributed by atoms with Crippen molar-refractivity contribution in [2.45, 2.75) is 18.8 Å². The van der Waals surface area contributed by atoms with Gasteiger partial charge in [0.25, 0.3) is 0 Å². The highest BCUT2D eigenvalue weighted by molar-refractivity contribution is 6.24. The molecule has 1 aliphatic carbocycles. The summed E-state index contributed by atoms with van der Waals surface area (Å²) in [4.78, 5) is 11.6. The maximum Gasteiger partial charge on any atom is 0.237 e. The molecule has 15 rings (SSSR count). The molecule has 10 aromatic carbocycles. The lowest BCUT2D eigenvalue weighted by Crippen LogP contribution is -2.16. The number of rotatable bonds is 7. The van der Waals surface area contributed by atoms with E-state index in [1.807, 2.05) is 0 Å². The van der Waals surface area contributed by atoms with Crippen molar-refractivity contribution in [2.75, 3.05) is 0 Å². The van der Waals surface area contributed by atoms with Gasteiger partial charge in [-0.2, -0.15) is 4.98 Å².